The Morgan fingerprint density at radius 1 is 1.44 bits per heavy atom. The van der Waals surface area contributed by atoms with Gasteiger partial charge in [-0.25, -0.2) is 4.98 Å². The lowest BCUT2D eigenvalue weighted by molar-refractivity contribution is 0.0642. The first kappa shape index (κ1) is 13.6. The second-order valence-electron chi connectivity index (χ2n) is 4.29. The Hall–Kier alpha value is -0.450. The molecule has 0 saturated carbocycles. The summed E-state index contributed by atoms with van der Waals surface area (Å²) in [4.78, 5) is 4.65. The zero-order valence-electron chi connectivity index (χ0n) is 10.8. The van der Waals surface area contributed by atoms with Crippen LogP contribution in [0.3, 0.4) is 0 Å². The number of rotatable bonds is 6. The minimum atomic E-state index is 0.118. The molecular weight excluding hydrogens is 220 g/mol. The van der Waals surface area contributed by atoms with Crippen LogP contribution in [0.5, 0.6) is 0 Å². The van der Waals surface area contributed by atoms with Crippen molar-refractivity contribution >= 4 is 11.3 Å². The second-order valence-corrected chi connectivity index (χ2v) is 5.18. The summed E-state index contributed by atoms with van der Waals surface area (Å²) in [7, 11) is 1.75. The van der Waals surface area contributed by atoms with Crippen molar-refractivity contribution in [2.45, 2.75) is 39.8 Å². The lowest BCUT2D eigenvalue weighted by atomic mass is 10.1. The van der Waals surface area contributed by atoms with Crippen LogP contribution in [0, 0.1) is 5.92 Å². The van der Waals surface area contributed by atoms with Gasteiger partial charge in [-0.05, 0) is 19.4 Å². The van der Waals surface area contributed by atoms with Crippen molar-refractivity contribution in [1.29, 1.82) is 0 Å². The smallest absolute Gasteiger partial charge is 0.122 e. The monoisotopic (exact) mass is 242 g/mol. The van der Waals surface area contributed by atoms with E-state index < -0.39 is 0 Å². The molecule has 0 spiro atoms. The molecule has 2 atom stereocenters. The van der Waals surface area contributed by atoms with Crippen molar-refractivity contribution in [3.63, 3.8) is 0 Å². The van der Waals surface area contributed by atoms with Gasteiger partial charge < -0.3 is 10.1 Å². The van der Waals surface area contributed by atoms with Crippen LogP contribution in [-0.2, 0) is 4.74 Å². The average molecular weight is 242 g/mol. The van der Waals surface area contributed by atoms with E-state index in [2.05, 4.69) is 43.4 Å². The zero-order valence-corrected chi connectivity index (χ0v) is 11.6. The molecule has 1 aromatic heterocycles. The maximum Gasteiger partial charge on any atom is 0.122 e. The lowest BCUT2D eigenvalue weighted by Crippen LogP contribution is -2.18. The molecule has 0 radical (unpaired) electrons. The SMILES string of the molecule is CCNC(C)c1csc(C(OC)C(C)C)n1. The highest BCUT2D eigenvalue weighted by molar-refractivity contribution is 7.09. The summed E-state index contributed by atoms with van der Waals surface area (Å²) in [5.74, 6) is 0.457. The number of nitrogens with one attached hydrogen (secondary N) is 1. The van der Waals surface area contributed by atoms with Crippen molar-refractivity contribution in [2.24, 2.45) is 5.92 Å². The van der Waals surface area contributed by atoms with Crippen LogP contribution in [0.1, 0.15) is 50.5 Å². The van der Waals surface area contributed by atoms with E-state index in [4.69, 9.17) is 4.74 Å². The van der Waals surface area contributed by atoms with Crippen LogP contribution < -0.4 is 5.32 Å². The number of nitrogens with zero attached hydrogens (tertiary/aromatic N) is 1. The molecule has 1 rings (SSSR count). The molecule has 0 amide bonds. The predicted molar refractivity (Wildman–Crippen MR) is 68.8 cm³/mol. The molecular formula is C12H22N2OS. The van der Waals surface area contributed by atoms with E-state index in [0.717, 1.165) is 17.2 Å². The molecule has 0 fully saturated rings. The van der Waals surface area contributed by atoms with Gasteiger partial charge in [0.05, 0.1) is 5.69 Å². The second kappa shape index (κ2) is 6.33. The predicted octanol–water partition coefficient (Wildman–Crippen LogP) is 3.16. The maximum atomic E-state index is 5.48. The lowest BCUT2D eigenvalue weighted by Gasteiger charge is -2.16. The van der Waals surface area contributed by atoms with Gasteiger partial charge in [-0.1, -0.05) is 20.8 Å². The van der Waals surface area contributed by atoms with Crippen molar-refractivity contribution in [3.05, 3.63) is 16.1 Å². The third-order valence-electron chi connectivity index (χ3n) is 2.60. The zero-order chi connectivity index (χ0) is 12.1. The first-order valence-electron chi connectivity index (χ1n) is 5.81. The fourth-order valence-corrected chi connectivity index (χ4v) is 2.86. The van der Waals surface area contributed by atoms with Crippen molar-refractivity contribution in [1.82, 2.24) is 10.3 Å². The molecule has 0 saturated heterocycles. The van der Waals surface area contributed by atoms with E-state index in [9.17, 15) is 0 Å². The van der Waals surface area contributed by atoms with Gasteiger partial charge in [-0.2, -0.15) is 0 Å². The Labute approximate surface area is 102 Å². The van der Waals surface area contributed by atoms with E-state index >= 15 is 0 Å². The summed E-state index contributed by atoms with van der Waals surface area (Å²) in [5, 5.41) is 6.57. The largest absolute Gasteiger partial charge is 0.374 e. The molecule has 1 aromatic rings. The minimum absolute atomic E-state index is 0.118. The van der Waals surface area contributed by atoms with Crippen molar-refractivity contribution < 1.29 is 4.74 Å². The van der Waals surface area contributed by atoms with Crippen molar-refractivity contribution in [3.8, 4) is 0 Å². The van der Waals surface area contributed by atoms with E-state index in [1.165, 1.54) is 0 Å². The van der Waals surface area contributed by atoms with Crippen LogP contribution in [0.15, 0.2) is 5.38 Å². The van der Waals surface area contributed by atoms with E-state index in [1.54, 1.807) is 18.4 Å². The van der Waals surface area contributed by atoms with Gasteiger partial charge in [0.1, 0.15) is 11.1 Å². The molecule has 0 aliphatic carbocycles. The molecule has 4 heteroatoms. The Bertz CT molecular complexity index is 312. The van der Waals surface area contributed by atoms with Crippen LogP contribution in [0.4, 0.5) is 0 Å². The van der Waals surface area contributed by atoms with Crippen LogP contribution >= 0.6 is 11.3 Å². The fraction of sp³-hybridized carbons (Fsp3) is 0.750. The minimum Gasteiger partial charge on any atom is -0.374 e. The molecule has 1 N–H and O–H groups in total. The van der Waals surface area contributed by atoms with E-state index in [0.29, 0.717) is 12.0 Å². The maximum absolute atomic E-state index is 5.48. The molecule has 1 heterocycles. The summed E-state index contributed by atoms with van der Waals surface area (Å²) in [6, 6.07) is 0.319. The molecule has 92 valence electrons. The first-order valence-corrected chi connectivity index (χ1v) is 6.69. The molecule has 2 unspecified atom stereocenters. The van der Waals surface area contributed by atoms with E-state index in [1.807, 2.05) is 0 Å². The third kappa shape index (κ3) is 3.27. The van der Waals surface area contributed by atoms with Gasteiger partial charge in [0, 0.05) is 18.5 Å². The number of methoxy groups -OCH3 is 1. The number of aromatic nitrogens is 1. The Morgan fingerprint density at radius 3 is 2.62 bits per heavy atom. The normalized spacial score (nSPS) is 15.4. The van der Waals surface area contributed by atoms with Gasteiger partial charge in [0.15, 0.2) is 0 Å². The summed E-state index contributed by atoms with van der Waals surface area (Å²) < 4.78 is 5.48. The summed E-state index contributed by atoms with van der Waals surface area (Å²) in [5.41, 5.74) is 1.12. The van der Waals surface area contributed by atoms with Crippen LogP contribution in [-0.4, -0.2) is 18.6 Å². The quantitative estimate of drug-likeness (QED) is 0.832. The number of hydrogen-bond donors (Lipinski definition) is 1. The van der Waals surface area contributed by atoms with Crippen LogP contribution in [0.25, 0.3) is 0 Å². The highest BCUT2D eigenvalue weighted by Gasteiger charge is 2.19. The summed E-state index contributed by atoms with van der Waals surface area (Å²) >= 11 is 1.69. The molecule has 0 aliphatic heterocycles. The summed E-state index contributed by atoms with van der Waals surface area (Å²) in [6.07, 6.45) is 0.118. The Balaban J connectivity index is 2.77. The first-order chi connectivity index (χ1) is 7.60. The molecule has 16 heavy (non-hydrogen) atoms. The third-order valence-corrected chi connectivity index (χ3v) is 3.52. The fourth-order valence-electron chi connectivity index (χ4n) is 1.70. The molecule has 0 aliphatic rings. The Morgan fingerprint density at radius 2 is 2.12 bits per heavy atom. The topological polar surface area (TPSA) is 34.1 Å². The summed E-state index contributed by atoms with van der Waals surface area (Å²) in [6.45, 7) is 9.52. The standard InChI is InChI=1S/C12H22N2OS/c1-6-13-9(4)10-7-16-12(14-10)11(15-5)8(2)3/h7-9,11,13H,6H2,1-5H3. The molecule has 3 nitrogen and oxygen atoms in total. The van der Waals surface area contributed by atoms with E-state index in [-0.39, 0.29) is 6.10 Å². The molecule has 0 bridgehead atoms. The van der Waals surface area contributed by atoms with Gasteiger partial charge in [0.2, 0.25) is 0 Å². The number of ether oxygens (including phenoxy) is 1. The van der Waals surface area contributed by atoms with Crippen molar-refractivity contribution in [2.75, 3.05) is 13.7 Å². The number of thiazole rings is 1. The highest BCUT2D eigenvalue weighted by Crippen LogP contribution is 2.29. The number of hydrogen-bond acceptors (Lipinski definition) is 4. The van der Waals surface area contributed by atoms with Gasteiger partial charge >= 0.3 is 0 Å². The van der Waals surface area contributed by atoms with Crippen LogP contribution in [0.2, 0.25) is 0 Å². The van der Waals surface area contributed by atoms with Gasteiger partial charge in [-0.15, -0.1) is 11.3 Å². The molecule has 0 aromatic carbocycles. The average Bonchev–Trinajstić information content (AvgIpc) is 2.68. The van der Waals surface area contributed by atoms with Gasteiger partial charge in [-0.3, -0.25) is 0 Å². The highest BCUT2D eigenvalue weighted by atomic mass is 32.1. The van der Waals surface area contributed by atoms with Gasteiger partial charge in [0.25, 0.3) is 0 Å². The Kier molecular flexibility index (Phi) is 5.38.